The Hall–Kier alpha value is -2.87. The van der Waals surface area contributed by atoms with Gasteiger partial charge in [-0.15, -0.1) is 0 Å². The average Bonchev–Trinajstić information content (AvgIpc) is 2.58. The van der Waals surface area contributed by atoms with Crippen molar-refractivity contribution >= 4 is 33.2 Å². The van der Waals surface area contributed by atoms with Crippen LogP contribution in [0.25, 0.3) is 0 Å². The third kappa shape index (κ3) is 4.85. The van der Waals surface area contributed by atoms with E-state index in [9.17, 15) is 18.0 Å². The Bertz CT molecular complexity index is 957. The number of carbonyl (C=O) groups is 2. The summed E-state index contributed by atoms with van der Waals surface area (Å²) in [6.07, 6.45) is 1.30. The number of para-hydroxylation sites is 1. The van der Waals surface area contributed by atoms with Crippen LogP contribution in [0.4, 0.5) is 11.4 Å². The number of benzene rings is 2. The van der Waals surface area contributed by atoms with Crippen molar-refractivity contribution in [1.82, 2.24) is 0 Å². The van der Waals surface area contributed by atoms with E-state index < -0.39 is 27.9 Å². The van der Waals surface area contributed by atoms with Crippen LogP contribution in [-0.2, 0) is 14.8 Å². The van der Waals surface area contributed by atoms with Gasteiger partial charge in [-0.05, 0) is 43.2 Å². The van der Waals surface area contributed by atoms with E-state index in [4.69, 9.17) is 5.73 Å². The van der Waals surface area contributed by atoms with Gasteiger partial charge in [0.25, 0.3) is 5.91 Å². The molecular weight excluding hydrogens is 366 g/mol. The largest absolute Gasteiger partial charge is 0.366 e. The molecule has 0 bridgehead atoms. The number of hydrogen-bond acceptors (Lipinski definition) is 4. The molecule has 2 amide bonds. The highest BCUT2D eigenvalue weighted by Gasteiger charge is 2.32. The van der Waals surface area contributed by atoms with Gasteiger partial charge in [0.2, 0.25) is 15.9 Å². The van der Waals surface area contributed by atoms with Gasteiger partial charge in [-0.1, -0.05) is 31.2 Å². The van der Waals surface area contributed by atoms with Crippen LogP contribution < -0.4 is 15.4 Å². The van der Waals surface area contributed by atoms with Crippen LogP contribution in [0.5, 0.6) is 0 Å². The van der Waals surface area contributed by atoms with Crippen molar-refractivity contribution in [2.45, 2.75) is 26.3 Å². The van der Waals surface area contributed by atoms with Crippen molar-refractivity contribution in [2.24, 2.45) is 5.73 Å². The van der Waals surface area contributed by atoms with Crippen molar-refractivity contribution in [3.8, 4) is 0 Å². The van der Waals surface area contributed by atoms with Crippen LogP contribution in [0.2, 0.25) is 0 Å². The van der Waals surface area contributed by atoms with Crippen LogP contribution in [0.1, 0.15) is 29.3 Å². The van der Waals surface area contributed by atoms with Gasteiger partial charge < -0.3 is 11.1 Å². The number of sulfonamides is 1. The molecule has 0 saturated heterocycles. The second-order valence-corrected chi connectivity index (χ2v) is 8.08. The molecule has 144 valence electrons. The zero-order chi connectivity index (χ0) is 20.2. The molecule has 0 spiro atoms. The van der Waals surface area contributed by atoms with Gasteiger partial charge in [0.15, 0.2) is 0 Å². The molecule has 0 aliphatic carbocycles. The van der Waals surface area contributed by atoms with Gasteiger partial charge >= 0.3 is 0 Å². The maximum Gasteiger partial charge on any atom is 0.250 e. The first kappa shape index (κ1) is 20.4. The predicted octanol–water partition coefficient (Wildman–Crippen LogP) is 2.28. The van der Waals surface area contributed by atoms with Crippen molar-refractivity contribution < 1.29 is 18.0 Å². The molecule has 0 unspecified atom stereocenters. The first-order valence-electron chi connectivity index (χ1n) is 8.41. The summed E-state index contributed by atoms with van der Waals surface area (Å²) in [7, 11) is -3.73. The number of nitrogens with zero attached hydrogens (tertiary/aromatic N) is 1. The van der Waals surface area contributed by atoms with E-state index >= 15 is 0 Å². The summed E-state index contributed by atoms with van der Waals surface area (Å²) < 4.78 is 26.0. The summed E-state index contributed by atoms with van der Waals surface area (Å²) in [6, 6.07) is 12.2. The molecule has 0 saturated carbocycles. The number of nitrogens with two attached hydrogens (primary N) is 1. The van der Waals surface area contributed by atoms with Crippen molar-refractivity contribution in [3.05, 3.63) is 59.7 Å². The number of anilines is 2. The van der Waals surface area contributed by atoms with Crippen LogP contribution in [0.15, 0.2) is 48.5 Å². The van der Waals surface area contributed by atoms with Gasteiger partial charge in [0, 0.05) is 0 Å². The number of aryl methyl sites for hydroxylation is 1. The van der Waals surface area contributed by atoms with Crippen LogP contribution in [0, 0.1) is 6.92 Å². The van der Waals surface area contributed by atoms with E-state index in [0.717, 1.165) is 16.1 Å². The summed E-state index contributed by atoms with van der Waals surface area (Å²) in [5.74, 6) is -1.23. The molecule has 2 aromatic rings. The Morgan fingerprint density at radius 3 is 2.37 bits per heavy atom. The molecule has 8 heteroatoms. The summed E-state index contributed by atoms with van der Waals surface area (Å²) in [4.78, 5) is 24.5. The maximum absolute atomic E-state index is 12.9. The Morgan fingerprint density at radius 1 is 1.15 bits per heavy atom. The second-order valence-electron chi connectivity index (χ2n) is 6.22. The minimum Gasteiger partial charge on any atom is -0.366 e. The predicted molar refractivity (Wildman–Crippen MR) is 106 cm³/mol. The maximum atomic E-state index is 12.9. The molecular formula is C19H23N3O4S. The molecule has 0 aromatic heterocycles. The molecule has 0 radical (unpaired) electrons. The molecule has 0 aliphatic heterocycles. The van der Waals surface area contributed by atoms with Crippen LogP contribution >= 0.6 is 0 Å². The van der Waals surface area contributed by atoms with E-state index in [1.54, 1.807) is 43.3 Å². The monoisotopic (exact) mass is 389 g/mol. The first-order valence-corrected chi connectivity index (χ1v) is 10.3. The van der Waals surface area contributed by atoms with Crippen molar-refractivity contribution in [1.29, 1.82) is 0 Å². The molecule has 7 nitrogen and oxygen atoms in total. The summed E-state index contributed by atoms with van der Waals surface area (Å²) in [5.41, 5.74) is 7.01. The SMILES string of the molecule is CC[C@@H](C(=O)Nc1ccccc1C(N)=O)N(c1cccc(C)c1)S(C)(=O)=O. The molecule has 0 heterocycles. The summed E-state index contributed by atoms with van der Waals surface area (Å²) >= 11 is 0. The number of amides is 2. The molecule has 2 rings (SSSR count). The normalized spacial score (nSPS) is 12.3. The second kappa shape index (κ2) is 8.22. The van der Waals surface area contributed by atoms with Gasteiger partial charge in [0.1, 0.15) is 6.04 Å². The fourth-order valence-electron chi connectivity index (χ4n) is 2.85. The van der Waals surface area contributed by atoms with E-state index in [2.05, 4.69) is 5.32 Å². The van der Waals surface area contributed by atoms with Gasteiger partial charge in [-0.25, -0.2) is 8.42 Å². The molecule has 2 aromatic carbocycles. The number of hydrogen-bond donors (Lipinski definition) is 2. The molecule has 0 fully saturated rings. The van der Waals surface area contributed by atoms with E-state index in [-0.39, 0.29) is 17.7 Å². The first-order chi connectivity index (χ1) is 12.6. The minimum absolute atomic E-state index is 0.155. The number of rotatable bonds is 7. The highest BCUT2D eigenvalue weighted by Crippen LogP contribution is 2.25. The van der Waals surface area contributed by atoms with Gasteiger partial charge in [-0.3, -0.25) is 13.9 Å². The molecule has 27 heavy (non-hydrogen) atoms. The zero-order valence-corrected chi connectivity index (χ0v) is 16.3. The molecule has 3 N–H and O–H groups in total. The lowest BCUT2D eigenvalue weighted by molar-refractivity contribution is -0.117. The summed E-state index contributed by atoms with van der Waals surface area (Å²) in [6.45, 7) is 3.56. The van der Waals surface area contributed by atoms with Crippen LogP contribution in [-0.4, -0.2) is 32.5 Å². The van der Waals surface area contributed by atoms with E-state index in [0.29, 0.717) is 5.69 Å². The fourth-order valence-corrected chi connectivity index (χ4v) is 4.05. The summed E-state index contributed by atoms with van der Waals surface area (Å²) in [5, 5.41) is 2.63. The Morgan fingerprint density at radius 2 is 1.81 bits per heavy atom. The highest BCUT2D eigenvalue weighted by molar-refractivity contribution is 7.92. The number of nitrogens with one attached hydrogen (secondary N) is 1. The average molecular weight is 389 g/mol. The quantitative estimate of drug-likeness (QED) is 0.757. The van der Waals surface area contributed by atoms with Crippen LogP contribution in [0.3, 0.4) is 0 Å². The topological polar surface area (TPSA) is 110 Å². The zero-order valence-electron chi connectivity index (χ0n) is 15.5. The Labute approximate surface area is 159 Å². The third-order valence-electron chi connectivity index (χ3n) is 4.04. The lowest BCUT2D eigenvalue weighted by Gasteiger charge is -2.30. The van der Waals surface area contributed by atoms with Crippen molar-refractivity contribution in [3.63, 3.8) is 0 Å². The molecule has 1 atom stereocenters. The Kier molecular flexibility index (Phi) is 6.22. The standard InChI is InChI=1S/C19H23N3O4S/c1-4-17(19(24)21-16-11-6-5-10-15(16)18(20)23)22(27(3,25)26)14-9-7-8-13(2)12-14/h5-12,17H,4H2,1-3H3,(H2,20,23)(H,21,24)/t17-/m0/s1. The third-order valence-corrected chi connectivity index (χ3v) is 5.22. The van der Waals surface area contributed by atoms with E-state index in [1.165, 1.54) is 6.07 Å². The van der Waals surface area contributed by atoms with Gasteiger partial charge in [-0.2, -0.15) is 0 Å². The lowest BCUT2D eigenvalue weighted by Crippen LogP contribution is -2.47. The smallest absolute Gasteiger partial charge is 0.250 e. The van der Waals surface area contributed by atoms with Gasteiger partial charge in [0.05, 0.1) is 23.2 Å². The highest BCUT2D eigenvalue weighted by atomic mass is 32.2. The fraction of sp³-hybridized carbons (Fsp3) is 0.263. The van der Waals surface area contributed by atoms with Crippen molar-refractivity contribution in [2.75, 3.05) is 15.9 Å². The lowest BCUT2D eigenvalue weighted by atomic mass is 10.1. The number of carbonyl (C=O) groups excluding carboxylic acids is 2. The number of primary amides is 1. The minimum atomic E-state index is -3.73. The van der Waals surface area contributed by atoms with E-state index in [1.807, 2.05) is 13.0 Å². The Balaban J connectivity index is 2.43. The molecule has 0 aliphatic rings.